The van der Waals surface area contributed by atoms with Gasteiger partial charge in [0.2, 0.25) is 0 Å². The van der Waals surface area contributed by atoms with Crippen LogP contribution in [0.15, 0.2) is 24.3 Å². The minimum Gasteiger partial charge on any atom is -0.550 e. The summed E-state index contributed by atoms with van der Waals surface area (Å²) < 4.78 is 0. The number of hydrogen-bond acceptors (Lipinski definition) is 7. The third kappa shape index (κ3) is 4.24. The number of benzene rings is 1. The molecule has 1 saturated heterocycles. The summed E-state index contributed by atoms with van der Waals surface area (Å²) in [6.07, 6.45) is -0.323. The van der Waals surface area contributed by atoms with Crippen LogP contribution < -0.4 is 20.4 Å². The van der Waals surface area contributed by atoms with Gasteiger partial charge in [0.25, 0.3) is 5.91 Å². The molecule has 8 nitrogen and oxygen atoms in total. The molecule has 134 valence electrons. The van der Waals surface area contributed by atoms with Gasteiger partial charge >= 0.3 is 0 Å². The van der Waals surface area contributed by atoms with Gasteiger partial charge in [-0.15, -0.1) is 0 Å². The maximum absolute atomic E-state index is 12.1. The molecule has 9 heteroatoms. The Balaban J connectivity index is 2.23. The second kappa shape index (κ2) is 7.47. The van der Waals surface area contributed by atoms with E-state index in [1.54, 1.807) is 38.2 Å². The van der Waals surface area contributed by atoms with Crippen molar-refractivity contribution in [3.8, 4) is 0 Å². The van der Waals surface area contributed by atoms with Crippen LogP contribution in [0.25, 0.3) is 0 Å². The third-order valence-electron chi connectivity index (χ3n) is 4.00. The van der Waals surface area contributed by atoms with Crippen molar-refractivity contribution in [2.24, 2.45) is 0 Å². The van der Waals surface area contributed by atoms with Gasteiger partial charge in [0.15, 0.2) is 5.11 Å². The molecule has 0 aliphatic carbocycles. The number of likely N-dealkylation sites (N-methyl/N-ethyl adjacent to an activating group) is 1. The summed E-state index contributed by atoms with van der Waals surface area (Å²) in [5.41, 5.74) is 1.17. The van der Waals surface area contributed by atoms with Crippen LogP contribution in [0.5, 0.6) is 0 Å². The van der Waals surface area contributed by atoms with E-state index in [1.807, 2.05) is 0 Å². The van der Waals surface area contributed by atoms with Crippen molar-refractivity contribution in [1.82, 2.24) is 10.2 Å². The number of carbonyl (C=O) groups is 3. The average Bonchev–Trinajstić information content (AvgIpc) is 2.79. The Morgan fingerprint density at radius 2 is 1.88 bits per heavy atom. The van der Waals surface area contributed by atoms with E-state index in [0.717, 1.165) is 0 Å². The molecule has 0 radical (unpaired) electrons. The van der Waals surface area contributed by atoms with Crippen LogP contribution >= 0.6 is 12.2 Å². The predicted molar refractivity (Wildman–Crippen MR) is 89.1 cm³/mol. The summed E-state index contributed by atoms with van der Waals surface area (Å²) in [5.74, 6) is -2.78. The van der Waals surface area contributed by atoms with E-state index in [2.05, 4.69) is 5.32 Å². The fourth-order valence-corrected chi connectivity index (χ4v) is 2.86. The summed E-state index contributed by atoms with van der Waals surface area (Å²) in [4.78, 5) is 36.6. The highest BCUT2D eigenvalue weighted by atomic mass is 32.1. The van der Waals surface area contributed by atoms with Crippen LogP contribution in [0.2, 0.25) is 0 Å². The quantitative estimate of drug-likeness (QED) is 0.562. The second-order valence-corrected chi connectivity index (χ2v) is 6.18. The van der Waals surface area contributed by atoms with Crippen LogP contribution in [-0.2, 0) is 14.4 Å². The first-order chi connectivity index (χ1) is 11.7. The van der Waals surface area contributed by atoms with Gasteiger partial charge in [0.05, 0.1) is 12.5 Å². The standard InChI is InChI=1S/C16H19N3O5S/c1-9(7-12(20)21)19(8-13(22)23)11-5-3-10(4-6-11)14-15(24)18(2)16(25)17-14/h3-6,9,14H,7-8H2,1-2H3,(H,17,25)(H,20,21)(H,22,23)/p-2. The first-order valence-corrected chi connectivity index (χ1v) is 7.96. The van der Waals surface area contributed by atoms with Gasteiger partial charge < -0.3 is 30.0 Å². The highest BCUT2D eigenvalue weighted by Gasteiger charge is 2.33. The normalized spacial score (nSPS) is 18.0. The lowest BCUT2D eigenvalue weighted by molar-refractivity contribution is -0.307. The highest BCUT2D eigenvalue weighted by molar-refractivity contribution is 7.80. The van der Waals surface area contributed by atoms with E-state index in [-0.39, 0.29) is 12.3 Å². The van der Waals surface area contributed by atoms with Gasteiger partial charge in [0.1, 0.15) is 6.04 Å². The lowest BCUT2D eigenvalue weighted by atomic mass is 10.1. The monoisotopic (exact) mass is 363 g/mol. The second-order valence-electron chi connectivity index (χ2n) is 5.80. The summed E-state index contributed by atoms with van der Waals surface area (Å²) in [6.45, 7) is 1.13. The van der Waals surface area contributed by atoms with Gasteiger partial charge in [-0.1, -0.05) is 12.1 Å². The minimum atomic E-state index is -1.33. The molecule has 25 heavy (non-hydrogen) atoms. The van der Waals surface area contributed by atoms with Crippen molar-refractivity contribution >= 4 is 40.9 Å². The maximum atomic E-state index is 12.1. The molecule has 0 spiro atoms. The maximum Gasteiger partial charge on any atom is 0.255 e. The summed E-state index contributed by atoms with van der Waals surface area (Å²) in [6, 6.07) is 5.39. The predicted octanol–water partition coefficient (Wildman–Crippen LogP) is -1.84. The number of carboxylic acid groups (broad SMARTS) is 2. The number of aliphatic carboxylic acids is 2. The Labute approximate surface area is 150 Å². The zero-order valence-corrected chi connectivity index (χ0v) is 14.5. The Bertz CT molecular complexity index is 706. The molecule has 0 saturated carbocycles. The smallest absolute Gasteiger partial charge is 0.255 e. The van der Waals surface area contributed by atoms with E-state index in [4.69, 9.17) is 12.2 Å². The number of anilines is 1. The van der Waals surface area contributed by atoms with E-state index < -0.39 is 30.6 Å². The van der Waals surface area contributed by atoms with Crippen molar-refractivity contribution < 1.29 is 24.6 Å². The van der Waals surface area contributed by atoms with Gasteiger partial charge in [0, 0.05) is 31.2 Å². The molecule has 1 N–H and O–H groups in total. The number of hydrogen-bond donors (Lipinski definition) is 1. The van der Waals surface area contributed by atoms with Crippen molar-refractivity contribution in [2.75, 3.05) is 18.5 Å². The Hall–Kier alpha value is -2.68. The molecule has 0 aromatic heterocycles. The Kier molecular flexibility index (Phi) is 5.58. The van der Waals surface area contributed by atoms with Gasteiger partial charge in [-0.2, -0.15) is 0 Å². The summed E-state index contributed by atoms with van der Waals surface area (Å²) >= 11 is 5.04. The lowest BCUT2D eigenvalue weighted by Crippen LogP contribution is -2.45. The van der Waals surface area contributed by atoms with Gasteiger partial charge in [-0.25, -0.2) is 0 Å². The van der Waals surface area contributed by atoms with Gasteiger partial charge in [-0.05, 0) is 36.8 Å². The molecular weight excluding hydrogens is 346 g/mol. The molecule has 1 amide bonds. The number of amides is 1. The molecule has 2 unspecified atom stereocenters. The number of carbonyl (C=O) groups excluding carboxylic acids is 3. The topological polar surface area (TPSA) is 116 Å². The summed E-state index contributed by atoms with van der Waals surface area (Å²) in [7, 11) is 1.58. The highest BCUT2D eigenvalue weighted by Crippen LogP contribution is 2.25. The number of nitrogens with zero attached hydrogens (tertiary/aromatic N) is 2. The lowest BCUT2D eigenvalue weighted by Gasteiger charge is -2.32. The van der Waals surface area contributed by atoms with Gasteiger partial charge in [-0.3, -0.25) is 9.69 Å². The first-order valence-electron chi connectivity index (χ1n) is 7.55. The fourth-order valence-electron chi connectivity index (χ4n) is 2.65. The minimum absolute atomic E-state index is 0.185. The van der Waals surface area contributed by atoms with Crippen molar-refractivity contribution in [3.05, 3.63) is 29.8 Å². The molecule has 1 heterocycles. The number of carboxylic acids is 2. The van der Waals surface area contributed by atoms with E-state index >= 15 is 0 Å². The molecule has 1 aliphatic heterocycles. The molecule has 1 aliphatic rings. The van der Waals surface area contributed by atoms with Crippen molar-refractivity contribution in [3.63, 3.8) is 0 Å². The van der Waals surface area contributed by atoms with Crippen molar-refractivity contribution in [2.45, 2.75) is 25.4 Å². The third-order valence-corrected chi connectivity index (χ3v) is 4.39. The molecular formula is C16H17N3O5S-2. The summed E-state index contributed by atoms with van der Waals surface area (Å²) in [5, 5.41) is 25.0. The zero-order valence-electron chi connectivity index (χ0n) is 13.7. The molecule has 1 fully saturated rings. The van der Waals surface area contributed by atoms with E-state index in [9.17, 15) is 24.6 Å². The molecule has 0 bridgehead atoms. The van der Waals surface area contributed by atoms with Crippen LogP contribution in [0.3, 0.4) is 0 Å². The van der Waals surface area contributed by atoms with Crippen LogP contribution in [0.4, 0.5) is 5.69 Å². The fraction of sp³-hybridized carbons (Fsp3) is 0.375. The van der Waals surface area contributed by atoms with E-state index in [0.29, 0.717) is 16.4 Å². The average molecular weight is 363 g/mol. The largest absolute Gasteiger partial charge is 0.550 e. The molecule has 2 rings (SSSR count). The SMILES string of the molecule is CC(CC(=O)[O-])N(CC(=O)[O-])c1ccc(C2NC(=S)N(C)C2=O)cc1. The number of nitrogens with one attached hydrogen (secondary N) is 1. The number of thiocarbonyl (C=S) groups is 1. The molecule has 1 aromatic carbocycles. The van der Waals surface area contributed by atoms with Crippen LogP contribution in [0.1, 0.15) is 24.9 Å². The zero-order chi connectivity index (χ0) is 18.7. The molecule has 2 atom stereocenters. The first kappa shape index (κ1) is 18.7. The number of rotatable bonds is 7. The Morgan fingerprint density at radius 3 is 2.32 bits per heavy atom. The Morgan fingerprint density at radius 1 is 1.28 bits per heavy atom. The van der Waals surface area contributed by atoms with Crippen molar-refractivity contribution in [1.29, 1.82) is 0 Å². The molecule has 1 aromatic rings. The van der Waals surface area contributed by atoms with E-state index in [1.165, 1.54) is 9.80 Å². The van der Waals surface area contributed by atoms with Crippen LogP contribution in [0, 0.1) is 0 Å². The van der Waals surface area contributed by atoms with Crippen LogP contribution in [-0.4, -0.2) is 47.5 Å².